The monoisotopic (exact) mass is 495 g/mol. The minimum atomic E-state index is -0.707. The van der Waals surface area contributed by atoms with E-state index in [1.165, 1.54) is 0 Å². The third-order valence-corrected chi connectivity index (χ3v) is 5.70. The molecule has 0 saturated heterocycles. The summed E-state index contributed by atoms with van der Waals surface area (Å²) in [6.45, 7) is 1.95. The van der Waals surface area contributed by atoms with Crippen LogP contribution in [0.25, 0.3) is 16.9 Å². The quantitative estimate of drug-likeness (QED) is 0.328. The molecule has 1 amide bonds. The van der Waals surface area contributed by atoms with Gasteiger partial charge in [0.15, 0.2) is 6.10 Å². The van der Waals surface area contributed by atoms with E-state index in [9.17, 15) is 4.79 Å². The zero-order chi connectivity index (χ0) is 24.1. The predicted molar refractivity (Wildman–Crippen MR) is 134 cm³/mol. The lowest BCUT2D eigenvalue weighted by Gasteiger charge is -2.15. The molecule has 6 nitrogen and oxygen atoms in total. The van der Waals surface area contributed by atoms with Crippen LogP contribution in [0.1, 0.15) is 12.5 Å². The van der Waals surface area contributed by atoms with Gasteiger partial charge in [0, 0.05) is 28.9 Å². The summed E-state index contributed by atoms with van der Waals surface area (Å²) in [5.41, 5.74) is 3.25. The Morgan fingerprint density at radius 1 is 1.06 bits per heavy atom. The molecule has 4 rings (SSSR count). The second kappa shape index (κ2) is 10.6. The zero-order valence-electron chi connectivity index (χ0n) is 18.7. The Bertz CT molecular complexity index is 1290. The zero-order valence-corrected chi connectivity index (χ0v) is 20.2. The van der Waals surface area contributed by atoms with Crippen LogP contribution < -0.4 is 14.8 Å². The molecule has 0 radical (unpaired) electrons. The lowest BCUT2D eigenvalue weighted by atomic mass is 10.1. The van der Waals surface area contributed by atoms with Crippen LogP contribution in [0, 0.1) is 0 Å². The second-order valence-electron chi connectivity index (χ2n) is 7.57. The Morgan fingerprint density at radius 3 is 2.56 bits per heavy atom. The number of ether oxygens (including phenoxy) is 2. The Kier molecular flexibility index (Phi) is 7.40. The largest absolute Gasteiger partial charge is 0.495 e. The molecule has 0 aliphatic rings. The third-order valence-electron chi connectivity index (χ3n) is 5.17. The van der Waals surface area contributed by atoms with Crippen molar-refractivity contribution < 1.29 is 14.3 Å². The summed E-state index contributed by atoms with van der Waals surface area (Å²) < 4.78 is 12.8. The Labute approximate surface area is 208 Å². The number of halogens is 2. The SMILES string of the molecule is COc1ccc(-c2nn(-c3ccccc3)cc2CNC(=O)C(C)Oc2cccc(Cl)c2)cc1Cl. The summed E-state index contributed by atoms with van der Waals surface area (Å²) in [5, 5.41) is 8.73. The number of nitrogens with zero attached hydrogens (tertiary/aromatic N) is 2. The summed E-state index contributed by atoms with van der Waals surface area (Å²) >= 11 is 12.4. The highest BCUT2D eigenvalue weighted by Gasteiger charge is 2.18. The number of methoxy groups -OCH3 is 1. The van der Waals surface area contributed by atoms with Gasteiger partial charge in [-0.25, -0.2) is 4.68 Å². The highest BCUT2D eigenvalue weighted by molar-refractivity contribution is 6.32. The lowest BCUT2D eigenvalue weighted by molar-refractivity contribution is -0.127. The minimum absolute atomic E-state index is 0.258. The van der Waals surface area contributed by atoms with Gasteiger partial charge in [0.05, 0.1) is 23.5 Å². The topological polar surface area (TPSA) is 65.4 Å². The second-order valence-corrected chi connectivity index (χ2v) is 8.41. The molecule has 0 saturated carbocycles. The van der Waals surface area contributed by atoms with Gasteiger partial charge in [-0.15, -0.1) is 0 Å². The maximum atomic E-state index is 12.7. The van der Waals surface area contributed by atoms with Gasteiger partial charge in [-0.3, -0.25) is 4.79 Å². The Morgan fingerprint density at radius 2 is 1.85 bits per heavy atom. The van der Waals surface area contributed by atoms with Crippen molar-refractivity contribution in [3.63, 3.8) is 0 Å². The molecule has 4 aromatic rings. The molecule has 0 bridgehead atoms. The average Bonchev–Trinajstić information content (AvgIpc) is 3.27. The summed E-state index contributed by atoms with van der Waals surface area (Å²) in [6, 6.07) is 22.2. The van der Waals surface area contributed by atoms with Gasteiger partial charge in [-0.1, -0.05) is 47.5 Å². The number of aromatic nitrogens is 2. The average molecular weight is 496 g/mol. The molecule has 1 N–H and O–H groups in total. The van der Waals surface area contributed by atoms with Crippen molar-refractivity contribution in [3.05, 3.63) is 94.6 Å². The molecule has 1 aromatic heterocycles. The fourth-order valence-corrected chi connectivity index (χ4v) is 3.87. The van der Waals surface area contributed by atoms with Gasteiger partial charge < -0.3 is 14.8 Å². The molecule has 1 atom stereocenters. The molecule has 0 aliphatic carbocycles. The van der Waals surface area contributed by atoms with Crippen molar-refractivity contribution >= 4 is 29.1 Å². The number of carbonyl (C=O) groups is 1. The first-order valence-electron chi connectivity index (χ1n) is 10.6. The van der Waals surface area contributed by atoms with Crippen LogP contribution in [0.4, 0.5) is 0 Å². The summed E-state index contributed by atoms with van der Waals surface area (Å²) in [7, 11) is 1.57. The van der Waals surface area contributed by atoms with E-state index in [-0.39, 0.29) is 12.5 Å². The highest BCUT2D eigenvalue weighted by atomic mass is 35.5. The molecule has 174 valence electrons. The molecule has 3 aromatic carbocycles. The van der Waals surface area contributed by atoms with Gasteiger partial charge in [-0.05, 0) is 55.5 Å². The van der Waals surface area contributed by atoms with Crippen molar-refractivity contribution in [2.24, 2.45) is 0 Å². The molecule has 8 heteroatoms. The Balaban J connectivity index is 1.56. The van der Waals surface area contributed by atoms with E-state index in [1.54, 1.807) is 55.1 Å². The number of rotatable bonds is 8. The van der Waals surface area contributed by atoms with Crippen LogP contribution in [0.5, 0.6) is 11.5 Å². The standard InChI is InChI=1S/C26H23Cl2N3O3/c1-17(34-22-10-6-7-20(27)14-22)26(32)29-15-19-16-31(21-8-4-3-5-9-21)30-25(19)18-11-12-24(33-2)23(28)13-18/h3-14,16-17H,15H2,1-2H3,(H,29,32). The first-order valence-corrected chi connectivity index (χ1v) is 11.4. The first-order chi connectivity index (χ1) is 16.4. The number of carbonyl (C=O) groups excluding carboxylic acids is 1. The van der Waals surface area contributed by atoms with Gasteiger partial charge in [0.25, 0.3) is 5.91 Å². The van der Waals surface area contributed by atoms with Gasteiger partial charge in [0.1, 0.15) is 11.5 Å². The molecular formula is C26H23Cl2N3O3. The van der Waals surface area contributed by atoms with Crippen molar-refractivity contribution in [1.29, 1.82) is 0 Å². The molecule has 0 aliphatic heterocycles. The first kappa shape index (κ1) is 23.7. The normalized spacial score (nSPS) is 11.6. The van der Waals surface area contributed by atoms with Crippen LogP contribution in [0.2, 0.25) is 10.0 Å². The molecule has 0 spiro atoms. The van der Waals surface area contributed by atoms with E-state index in [0.717, 1.165) is 16.8 Å². The highest BCUT2D eigenvalue weighted by Crippen LogP contribution is 2.31. The maximum absolute atomic E-state index is 12.7. The van der Waals surface area contributed by atoms with E-state index in [0.29, 0.717) is 27.2 Å². The van der Waals surface area contributed by atoms with Crippen LogP contribution in [-0.2, 0) is 11.3 Å². The lowest BCUT2D eigenvalue weighted by Crippen LogP contribution is -2.35. The number of amides is 1. The molecule has 1 unspecified atom stereocenters. The molecule has 0 fully saturated rings. The summed E-state index contributed by atoms with van der Waals surface area (Å²) in [4.78, 5) is 12.7. The van der Waals surface area contributed by atoms with E-state index in [2.05, 4.69) is 5.32 Å². The van der Waals surface area contributed by atoms with Gasteiger partial charge in [0.2, 0.25) is 0 Å². The van der Waals surface area contributed by atoms with Gasteiger partial charge >= 0.3 is 0 Å². The van der Waals surface area contributed by atoms with E-state index in [4.69, 9.17) is 37.8 Å². The minimum Gasteiger partial charge on any atom is -0.495 e. The predicted octanol–water partition coefficient (Wildman–Crippen LogP) is 5.94. The fraction of sp³-hybridized carbons (Fsp3) is 0.154. The van der Waals surface area contributed by atoms with Crippen molar-refractivity contribution in [1.82, 2.24) is 15.1 Å². The number of hydrogen-bond acceptors (Lipinski definition) is 4. The van der Waals surface area contributed by atoms with Crippen molar-refractivity contribution in [2.75, 3.05) is 7.11 Å². The van der Waals surface area contributed by atoms with E-state index < -0.39 is 6.10 Å². The molecular weight excluding hydrogens is 473 g/mol. The Hall–Kier alpha value is -3.48. The maximum Gasteiger partial charge on any atom is 0.261 e. The number of benzene rings is 3. The number of nitrogens with one attached hydrogen (secondary N) is 1. The molecule has 1 heterocycles. The van der Waals surface area contributed by atoms with Crippen molar-refractivity contribution in [2.45, 2.75) is 19.6 Å². The molecule has 34 heavy (non-hydrogen) atoms. The fourth-order valence-electron chi connectivity index (χ4n) is 3.43. The van der Waals surface area contributed by atoms with Gasteiger partial charge in [-0.2, -0.15) is 5.10 Å². The van der Waals surface area contributed by atoms with Crippen molar-refractivity contribution in [3.8, 4) is 28.4 Å². The van der Waals surface area contributed by atoms with Crippen LogP contribution in [0.3, 0.4) is 0 Å². The van der Waals surface area contributed by atoms with Crippen LogP contribution in [-0.4, -0.2) is 28.9 Å². The summed E-state index contributed by atoms with van der Waals surface area (Å²) in [5.74, 6) is 0.849. The summed E-state index contributed by atoms with van der Waals surface area (Å²) in [6.07, 6.45) is 1.19. The van der Waals surface area contributed by atoms with Crippen LogP contribution in [0.15, 0.2) is 79.0 Å². The smallest absolute Gasteiger partial charge is 0.261 e. The van der Waals surface area contributed by atoms with E-state index in [1.807, 2.05) is 42.6 Å². The van der Waals surface area contributed by atoms with Crippen LogP contribution >= 0.6 is 23.2 Å². The number of para-hydroxylation sites is 1. The third kappa shape index (κ3) is 5.53. The van der Waals surface area contributed by atoms with E-state index >= 15 is 0 Å². The number of hydrogen-bond donors (Lipinski definition) is 1.